The van der Waals surface area contributed by atoms with Crippen molar-refractivity contribution in [1.82, 2.24) is 4.90 Å². The van der Waals surface area contributed by atoms with Crippen LogP contribution in [0.25, 0.3) is 0 Å². The molecule has 124 valence electrons. The van der Waals surface area contributed by atoms with Crippen LogP contribution in [0, 0.1) is 0 Å². The number of fused-ring (bicyclic) bond motifs is 1. The molecule has 6 heteroatoms. The van der Waals surface area contributed by atoms with E-state index < -0.39 is 7.12 Å². The van der Waals surface area contributed by atoms with Crippen molar-refractivity contribution in [3.63, 3.8) is 0 Å². The molecule has 1 N–H and O–H groups in total. The molecular weight excluding hydrogens is 293 g/mol. The van der Waals surface area contributed by atoms with E-state index >= 15 is 0 Å². The third-order valence-corrected chi connectivity index (χ3v) is 5.66. The Hall–Kier alpha value is -1.08. The van der Waals surface area contributed by atoms with Crippen LogP contribution in [0.3, 0.4) is 0 Å². The van der Waals surface area contributed by atoms with E-state index in [2.05, 4.69) is 38.7 Å². The van der Waals surface area contributed by atoms with Gasteiger partial charge in [-0.15, -0.1) is 0 Å². The average molecular weight is 317 g/mol. The van der Waals surface area contributed by atoms with Crippen LogP contribution in [0.2, 0.25) is 0 Å². The summed E-state index contributed by atoms with van der Waals surface area (Å²) in [6.07, 6.45) is -0.203. The first-order valence-electron chi connectivity index (χ1n) is 8.32. The zero-order valence-electron chi connectivity index (χ0n) is 14.2. The van der Waals surface area contributed by atoms with Gasteiger partial charge in [-0.3, -0.25) is 4.90 Å². The molecule has 2 saturated heterocycles. The van der Waals surface area contributed by atoms with Gasteiger partial charge in [0.25, 0.3) is 0 Å². The van der Waals surface area contributed by atoms with Crippen LogP contribution in [0.1, 0.15) is 39.3 Å². The number of ether oxygens (including phenoxy) is 1. The van der Waals surface area contributed by atoms with Crippen LogP contribution in [0.4, 0.5) is 0 Å². The quantitative estimate of drug-likeness (QED) is 0.828. The van der Waals surface area contributed by atoms with E-state index in [1.165, 1.54) is 5.56 Å². The number of hydrogen-bond acceptors (Lipinski definition) is 5. The van der Waals surface area contributed by atoms with Crippen molar-refractivity contribution in [3.05, 3.63) is 23.8 Å². The predicted octanol–water partition coefficient (Wildman–Crippen LogP) is 1.10. The minimum Gasteiger partial charge on any atom is -0.492 e. The molecule has 3 aliphatic rings. The molecule has 1 aromatic carbocycles. The van der Waals surface area contributed by atoms with E-state index in [4.69, 9.17) is 14.0 Å². The molecule has 3 aliphatic heterocycles. The summed E-state index contributed by atoms with van der Waals surface area (Å²) in [6.45, 7) is 10.3. The smallest absolute Gasteiger partial charge is 0.492 e. The molecule has 2 fully saturated rings. The maximum atomic E-state index is 9.55. The van der Waals surface area contributed by atoms with Gasteiger partial charge in [-0.05, 0) is 27.7 Å². The molecule has 23 heavy (non-hydrogen) atoms. The van der Waals surface area contributed by atoms with E-state index in [0.717, 1.165) is 11.2 Å². The van der Waals surface area contributed by atoms with Crippen molar-refractivity contribution in [2.24, 2.45) is 0 Å². The summed E-state index contributed by atoms with van der Waals surface area (Å²) in [5, 5.41) is 9.55. The zero-order valence-corrected chi connectivity index (χ0v) is 14.2. The lowest BCUT2D eigenvalue weighted by Crippen LogP contribution is -2.52. The summed E-state index contributed by atoms with van der Waals surface area (Å²) >= 11 is 0. The first-order chi connectivity index (χ1) is 10.8. The third-order valence-electron chi connectivity index (χ3n) is 5.66. The molecule has 5 nitrogen and oxygen atoms in total. The van der Waals surface area contributed by atoms with Gasteiger partial charge in [0, 0.05) is 24.1 Å². The van der Waals surface area contributed by atoms with Gasteiger partial charge in [0.05, 0.1) is 23.3 Å². The zero-order chi connectivity index (χ0) is 16.4. The minimum atomic E-state index is -0.407. The number of rotatable bonds is 2. The highest BCUT2D eigenvalue weighted by molar-refractivity contribution is 6.63. The number of hydrogen-bond donors (Lipinski definition) is 1. The fraction of sp³-hybridized carbons (Fsp3) is 0.647. The van der Waals surface area contributed by atoms with Crippen molar-refractivity contribution in [2.75, 3.05) is 19.7 Å². The maximum Gasteiger partial charge on any atom is 0.498 e. The Morgan fingerprint density at radius 2 is 1.78 bits per heavy atom. The molecule has 3 heterocycles. The first-order valence-corrected chi connectivity index (χ1v) is 8.32. The van der Waals surface area contributed by atoms with E-state index in [1.54, 1.807) is 0 Å². The van der Waals surface area contributed by atoms with Crippen LogP contribution in [0.5, 0.6) is 5.75 Å². The molecule has 0 radical (unpaired) electrons. The SMILES string of the molecule is CC1(C)OB(c2cccc3c2OCC3N2CC(O)C2)OC1(C)C. The minimum absolute atomic E-state index is 0.203. The van der Waals surface area contributed by atoms with E-state index in [1.807, 2.05) is 12.1 Å². The lowest BCUT2D eigenvalue weighted by Gasteiger charge is -2.39. The highest BCUT2D eigenvalue weighted by atomic mass is 16.7. The molecule has 0 bridgehead atoms. The van der Waals surface area contributed by atoms with Crippen LogP contribution in [0.15, 0.2) is 18.2 Å². The van der Waals surface area contributed by atoms with E-state index in [0.29, 0.717) is 19.7 Å². The summed E-state index contributed by atoms with van der Waals surface area (Å²) < 4.78 is 18.3. The summed E-state index contributed by atoms with van der Waals surface area (Å²) in [6, 6.07) is 6.38. The standard InChI is InChI=1S/C17H24BNO4/c1-16(2)17(3,4)23-18(22-16)13-7-5-6-12-14(10-21-15(12)13)19-8-11(20)9-19/h5-7,11,14,20H,8-10H2,1-4H3. The summed E-state index contributed by atoms with van der Waals surface area (Å²) in [4.78, 5) is 2.25. The Kier molecular flexibility index (Phi) is 3.33. The van der Waals surface area contributed by atoms with Gasteiger partial charge < -0.3 is 19.2 Å². The fourth-order valence-electron chi connectivity index (χ4n) is 3.45. The Bertz CT molecular complexity index is 611. The number of nitrogens with zero attached hydrogens (tertiary/aromatic N) is 1. The summed E-state index contributed by atoms with van der Waals surface area (Å²) in [5.41, 5.74) is 1.41. The van der Waals surface area contributed by atoms with Gasteiger partial charge in [-0.1, -0.05) is 18.2 Å². The maximum absolute atomic E-state index is 9.55. The normalized spacial score (nSPS) is 29.3. The van der Waals surface area contributed by atoms with Crippen LogP contribution < -0.4 is 10.2 Å². The van der Waals surface area contributed by atoms with Crippen LogP contribution in [-0.2, 0) is 9.31 Å². The predicted molar refractivity (Wildman–Crippen MR) is 88.0 cm³/mol. The number of para-hydroxylation sites is 1. The monoisotopic (exact) mass is 317 g/mol. The lowest BCUT2D eigenvalue weighted by atomic mass is 9.77. The largest absolute Gasteiger partial charge is 0.498 e. The Balaban J connectivity index is 1.63. The van der Waals surface area contributed by atoms with Crippen molar-refractivity contribution < 1.29 is 19.2 Å². The topological polar surface area (TPSA) is 51.2 Å². The molecule has 0 spiro atoms. The molecule has 0 amide bonds. The molecule has 1 atom stereocenters. The average Bonchev–Trinajstić information content (AvgIpc) is 2.94. The van der Waals surface area contributed by atoms with Gasteiger partial charge in [0.15, 0.2) is 0 Å². The molecule has 4 rings (SSSR count). The Morgan fingerprint density at radius 3 is 2.39 bits per heavy atom. The number of aliphatic hydroxyl groups excluding tert-OH is 1. The second-order valence-electron chi connectivity index (χ2n) is 7.79. The Labute approximate surface area is 137 Å². The molecule has 0 aliphatic carbocycles. The number of β-amino-alcohol motifs (C(OH)–C–C–N with tert-alkyl or cyclic N) is 1. The van der Waals surface area contributed by atoms with Gasteiger partial charge in [0.2, 0.25) is 0 Å². The highest BCUT2D eigenvalue weighted by Gasteiger charge is 2.53. The molecule has 0 saturated carbocycles. The first kappa shape index (κ1) is 15.5. The third kappa shape index (κ3) is 2.31. The number of likely N-dealkylation sites (tertiary alicyclic amines) is 1. The number of aliphatic hydroxyl groups is 1. The molecular formula is C17H24BNO4. The summed E-state index contributed by atoms with van der Waals surface area (Å²) in [5.74, 6) is 0.886. The fourth-order valence-corrected chi connectivity index (χ4v) is 3.45. The molecule has 0 aromatic heterocycles. The summed E-state index contributed by atoms with van der Waals surface area (Å²) in [7, 11) is -0.407. The second-order valence-corrected chi connectivity index (χ2v) is 7.79. The van der Waals surface area contributed by atoms with Crippen LogP contribution in [-0.4, -0.2) is 54.1 Å². The van der Waals surface area contributed by atoms with Crippen molar-refractivity contribution in [2.45, 2.75) is 51.0 Å². The Morgan fingerprint density at radius 1 is 1.13 bits per heavy atom. The van der Waals surface area contributed by atoms with E-state index in [9.17, 15) is 5.11 Å². The van der Waals surface area contributed by atoms with Gasteiger partial charge >= 0.3 is 7.12 Å². The second kappa shape index (κ2) is 4.96. The lowest BCUT2D eigenvalue weighted by molar-refractivity contribution is -0.0292. The van der Waals surface area contributed by atoms with Crippen molar-refractivity contribution in [3.8, 4) is 5.75 Å². The van der Waals surface area contributed by atoms with Crippen molar-refractivity contribution in [1.29, 1.82) is 0 Å². The number of benzene rings is 1. The van der Waals surface area contributed by atoms with Crippen molar-refractivity contribution >= 4 is 12.6 Å². The highest BCUT2D eigenvalue weighted by Crippen LogP contribution is 2.41. The van der Waals surface area contributed by atoms with Crippen LogP contribution >= 0.6 is 0 Å². The van der Waals surface area contributed by atoms with Gasteiger partial charge in [-0.2, -0.15) is 0 Å². The molecule has 1 unspecified atom stereocenters. The van der Waals surface area contributed by atoms with Gasteiger partial charge in [-0.25, -0.2) is 0 Å². The molecule has 1 aromatic rings. The van der Waals surface area contributed by atoms with E-state index in [-0.39, 0.29) is 23.3 Å². The van der Waals surface area contributed by atoms with Gasteiger partial charge in [0.1, 0.15) is 12.4 Å².